The lowest BCUT2D eigenvalue weighted by Crippen LogP contribution is -2.56. The molecule has 1 saturated heterocycles. The average molecular weight is 383 g/mol. The lowest BCUT2D eigenvalue weighted by molar-refractivity contribution is -0.128. The van der Waals surface area contributed by atoms with Crippen LogP contribution in [0.5, 0.6) is 0 Å². The molecule has 2 aliphatic carbocycles. The zero-order valence-corrected chi connectivity index (χ0v) is 16.4. The van der Waals surface area contributed by atoms with Gasteiger partial charge in [0.05, 0.1) is 0 Å². The lowest BCUT2D eigenvalue weighted by atomic mass is 9.60. The molecule has 2 saturated carbocycles. The molecule has 0 bridgehead atoms. The van der Waals surface area contributed by atoms with E-state index in [1.807, 2.05) is 13.0 Å². The predicted molar refractivity (Wildman–Crippen MR) is 106 cm³/mol. The third kappa shape index (κ3) is 3.40. The maximum atomic E-state index is 12.6. The van der Waals surface area contributed by atoms with Crippen molar-refractivity contribution in [2.75, 3.05) is 6.54 Å². The molecule has 6 nitrogen and oxygen atoms in total. The van der Waals surface area contributed by atoms with Crippen molar-refractivity contribution in [2.45, 2.75) is 63.5 Å². The summed E-state index contributed by atoms with van der Waals surface area (Å²) in [4.78, 5) is 38.1. The fourth-order valence-corrected chi connectivity index (χ4v) is 5.36. The molecule has 1 aromatic carbocycles. The van der Waals surface area contributed by atoms with E-state index in [0.29, 0.717) is 30.7 Å². The highest BCUT2D eigenvalue weighted by Gasteiger charge is 2.53. The summed E-state index contributed by atoms with van der Waals surface area (Å²) >= 11 is 0. The van der Waals surface area contributed by atoms with Gasteiger partial charge in [-0.3, -0.25) is 14.5 Å². The van der Waals surface area contributed by atoms with Gasteiger partial charge in [-0.25, -0.2) is 4.79 Å². The summed E-state index contributed by atoms with van der Waals surface area (Å²) in [5, 5.41) is 5.95. The summed E-state index contributed by atoms with van der Waals surface area (Å²) in [6, 6.07) is 9.74. The number of imide groups is 1. The number of fused-ring (bicyclic) bond motifs is 1. The largest absolute Gasteiger partial charge is 0.352 e. The van der Waals surface area contributed by atoms with Crippen molar-refractivity contribution in [3.05, 3.63) is 35.9 Å². The standard InChI is InChI=1S/C22H29N3O3/c1-2-13-25-21(27)17(23-22(25)28)11-12-18(26)24-20-16-10-6-9-15(16)19(20)14-7-4-3-5-8-14/h3-5,7-8,15-17,19-20H,2,6,9-13H2,1H3,(H,23,28)(H,24,26)/t15?,16?,17?,19-,20-/m1/s1. The van der Waals surface area contributed by atoms with Gasteiger partial charge < -0.3 is 10.6 Å². The summed E-state index contributed by atoms with van der Waals surface area (Å²) in [5.41, 5.74) is 1.31. The molecule has 1 heterocycles. The highest BCUT2D eigenvalue weighted by Crippen LogP contribution is 2.55. The first-order valence-electron chi connectivity index (χ1n) is 10.6. The molecule has 0 spiro atoms. The number of carbonyl (C=O) groups is 3. The van der Waals surface area contributed by atoms with Crippen molar-refractivity contribution >= 4 is 17.8 Å². The molecule has 150 valence electrons. The van der Waals surface area contributed by atoms with E-state index in [2.05, 4.69) is 34.9 Å². The first-order valence-corrected chi connectivity index (χ1v) is 10.6. The van der Waals surface area contributed by atoms with Gasteiger partial charge in [0.15, 0.2) is 0 Å². The summed E-state index contributed by atoms with van der Waals surface area (Å²) in [7, 11) is 0. The zero-order chi connectivity index (χ0) is 19.7. The number of carbonyl (C=O) groups excluding carboxylic acids is 3. The molecule has 6 heteroatoms. The Morgan fingerprint density at radius 3 is 2.68 bits per heavy atom. The number of rotatable bonds is 7. The van der Waals surface area contributed by atoms with Crippen LogP contribution in [0.4, 0.5) is 4.79 Å². The smallest absolute Gasteiger partial charge is 0.324 e. The van der Waals surface area contributed by atoms with Crippen molar-refractivity contribution in [3.8, 4) is 0 Å². The minimum Gasteiger partial charge on any atom is -0.352 e. The first kappa shape index (κ1) is 19.0. The van der Waals surface area contributed by atoms with Crippen LogP contribution in [0.25, 0.3) is 0 Å². The Morgan fingerprint density at radius 1 is 1.18 bits per heavy atom. The highest BCUT2D eigenvalue weighted by molar-refractivity contribution is 6.04. The Labute approximate surface area is 166 Å². The van der Waals surface area contributed by atoms with Gasteiger partial charge in [0, 0.05) is 24.9 Å². The van der Waals surface area contributed by atoms with Crippen LogP contribution in [0.2, 0.25) is 0 Å². The number of hydrogen-bond donors (Lipinski definition) is 2. The Morgan fingerprint density at radius 2 is 1.93 bits per heavy atom. The maximum absolute atomic E-state index is 12.6. The van der Waals surface area contributed by atoms with Crippen LogP contribution in [0, 0.1) is 11.8 Å². The molecule has 1 aromatic rings. The second-order valence-electron chi connectivity index (χ2n) is 8.32. The third-order valence-corrected chi connectivity index (χ3v) is 6.66. The number of benzene rings is 1. The van der Waals surface area contributed by atoms with Gasteiger partial charge in [0.25, 0.3) is 5.91 Å². The molecule has 1 aliphatic heterocycles. The normalized spacial score (nSPS) is 31.3. The molecule has 2 N–H and O–H groups in total. The molecule has 3 fully saturated rings. The fourth-order valence-electron chi connectivity index (χ4n) is 5.36. The van der Waals surface area contributed by atoms with Gasteiger partial charge in [0.1, 0.15) is 6.04 Å². The van der Waals surface area contributed by atoms with E-state index < -0.39 is 6.04 Å². The zero-order valence-electron chi connectivity index (χ0n) is 16.4. The van der Waals surface area contributed by atoms with E-state index in [9.17, 15) is 14.4 Å². The van der Waals surface area contributed by atoms with Crippen LogP contribution in [-0.4, -0.2) is 41.4 Å². The highest BCUT2D eigenvalue weighted by atomic mass is 16.2. The first-order chi connectivity index (χ1) is 13.6. The van der Waals surface area contributed by atoms with Crippen molar-refractivity contribution in [1.29, 1.82) is 0 Å². The van der Waals surface area contributed by atoms with Crippen LogP contribution >= 0.6 is 0 Å². The van der Waals surface area contributed by atoms with Crippen LogP contribution in [0.3, 0.4) is 0 Å². The van der Waals surface area contributed by atoms with Crippen molar-refractivity contribution < 1.29 is 14.4 Å². The fraction of sp³-hybridized carbons (Fsp3) is 0.591. The van der Waals surface area contributed by atoms with E-state index in [4.69, 9.17) is 0 Å². The van der Waals surface area contributed by atoms with Crippen LogP contribution in [-0.2, 0) is 9.59 Å². The number of urea groups is 1. The Kier molecular flexibility index (Phi) is 5.38. The molecule has 0 aromatic heterocycles. The molecule has 5 atom stereocenters. The molecule has 0 radical (unpaired) electrons. The minimum absolute atomic E-state index is 0.0210. The van der Waals surface area contributed by atoms with Gasteiger partial charge in [-0.05, 0) is 43.1 Å². The lowest BCUT2D eigenvalue weighted by Gasteiger charge is -2.49. The Bertz CT molecular complexity index is 751. The SMILES string of the molecule is CCCN1C(=O)NC(CCC(=O)N[C@@H]2C3CCCC3[C@H]2c2ccccc2)C1=O. The number of amides is 4. The van der Waals surface area contributed by atoms with E-state index in [0.717, 1.165) is 6.42 Å². The second-order valence-corrected chi connectivity index (χ2v) is 8.32. The predicted octanol–water partition coefficient (Wildman–Crippen LogP) is 2.80. The Balaban J connectivity index is 1.33. The van der Waals surface area contributed by atoms with Gasteiger partial charge >= 0.3 is 6.03 Å². The topological polar surface area (TPSA) is 78.5 Å². The van der Waals surface area contributed by atoms with Gasteiger partial charge in [0.2, 0.25) is 5.91 Å². The van der Waals surface area contributed by atoms with E-state index >= 15 is 0 Å². The van der Waals surface area contributed by atoms with Crippen molar-refractivity contribution in [1.82, 2.24) is 15.5 Å². The minimum atomic E-state index is -0.574. The molecule has 3 unspecified atom stereocenters. The summed E-state index contributed by atoms with van der Waals surface area (Å²) in [6.45, 7) is 2.36. The molecule has 4 amide bonds. The number of hydrogen-bond acceptors (Lipinski definition) is 3. The summed E-state index contributed by atoms with van der Waals surface area (Å²) < 4.78 is 0. The summed E-state index contributed by atoms with van der Waals surface area (Å²) in [5.74, 6) is 1.41. The molecule has 4 rings (SSSR count). The van der Waals surface area contributed by atoms with Crippen molar-refractivity contribution in [2.24, 2.45) is 11.8 Å². The molecular formula is C22H29N3O3. The van der Waals surface area contributed by atoms with Crippen LogP contribution in [0.1, 0.15) is 56.9 Å². The average Bonchev–Trinajstić information content (AvgIpc) is 3.22. The number of nitrogens with one attached hydrogen (secondary N) is 2. The monoisotopic (exact) mass is 383 g/mol. The van der Waals surface area contributed by atoms with E-state index in [1.54, 1.807) is 0 Å². The quantitative estimate of drug-likeness (QED) is 0.711. The van der Waals surface area contributed by atoms with Crippen LogP contribution in [0.15, 0.2) is 30.3 Å². The van der Waals surface area contributed by atoms with Gasteiger partial charge in [-0.2, -0.15) is 0 Å². The van der Waals surface area contributed by atoms with E-state index in [-0.39, 0.29) is 30.3 Å². The Hall–Kier alpha value is -2.37. The van der Waals surface area contributed by atoms with Crippen LogP contribution < -0.4 is 10.6 Å². The van der Waals surface area contributed by atoms with Crippen molar-refractivity contribution in [3.63, 3.8) is 0 Å². The molecular weight excluding hydrogens is 354 g/mol. The molecule has 28 heavy (non-hydrogen) atoms. The third-order valence-electron chi connectivity index (χ3n) is 6.66. The van der Waals surface area contributed by atoms with E-state index in [1.165, 1.54) is 29.7 Å². The van der Waals surface area contributed by atoms with Gasteiger partial charge in [-0.1, -0.05) is 43.7 Å². The van der Waals surface area contributed by atoms with Gasteiger partial charge in [-0.15, -0.1) is 0 Å². The second kappa shape index (κ2) is 7.94. The number of nitrogens with zero attached hydrogens (tertiary/aromatic N) is 1. The molecule has 3 aliphatic rings. The maximum Gasteiger partial charge on any atom is 0.324 e. The summed E-state index contributed by atoms with van der Waals surface area (Å²) in [6.07, 6.45) is 5.01.